The number of nitrogens with zero attached hydrogens (tertiary/aromatic N) is 2. The molecule has 0 aliphatic rings. The summed E-state index contributed by atoms with van der Waals surface area (Å²) in [7, 11) is 0. The van der Waals surface area contributed by atoms with E-state index in [1.54, 1.807) is 4.68 Å². The minimum Gasteiger partial charge on any atom is -0.269 e. The number of hydroxylamine groups is 1. The highest BCUT2D eigenvalue weighted by molar-refractivity contribution is 6.31. The Bertz CT molecular complexity index is 907. The molecule has 0 aliphatic carbocycles. The van der Waals surface area contributed by atoms with Crippen molar-refractivity contribution >= 4 is 17.5 Å². The number of carbonyl (C=O) groups is 1. The molecule has 0 spiro atoms. The van der Waals surface area contributed by atoms with Gasteiger partial charge in [0.25, 0.3) is 5.91 Å². The molecule has 6 heteroatoms. The number of amides is 1. The molecule has 3 aromatic rings. The van der Waals surface area contributed by atoms with E-state index in [1.807, 2.05) is 68.4 Å². The Hall–Kier alpha value is -2.63. The van der Waals surface area contributed by atoms with Gasteiger partial charge in [0.15, 0.2) is 0 Å². The summed E-state index contributed by atoms with van der Waals surface area (Å²) in [6, 6.07) is 17.3. The van der Waals surface area contributed by atoms with Crippen molar-refractivity contribution in [3.05, 3.63) is 87.7 Å². The Morgan fingerprint density at radius 1 is 1.12 bits per heavy atom. The van der Waals surface area contributed by atoms with Gasteiger partial charge in [0.2, 0.25) is 0 Å². The summed E-state index contributed by atoms with van der Waals surface area (Å²) in [5.41, 5.74) is 6.37. The smallest absolute Gasteiger partial charge is 0.269 e. The molecule has 1 aromatic heterocycles. The van der Waals surface area contributed by atoms with Crippen molar-refractivity contribution < 1.29 is 9.63 Å². The van der Waals surface area contributed by atoms with Crippen molar-refractivity contribution in [3.8, 4) is 0 Å². The van der Waals surface area contributed by atoms with E-state index in [4.69, 9.17) is 16.4 Å². The first kappa shape index (κ1) is 18.2. The fourth-order valence-electron chi connectivity index (χ4n) is 2.78. The molecule has 3 rings (SSSR count). The maximum absolute atomic E-state index is 12.5. The molecule has 0 bridgehead atoms. The van der Waals surface area contributed by atoms with Gasteiger partial charge in [0, 0.05) is 10.7 Å². The predicted octanol–water partition coefficient (Wildman–Crippen LogP) is 4.06. The van der Waals surface area contributed by atoms with Gasteiger partial charge >= 0.3 is 0 Å². The Labute approximate surface area is 157 Å². The van der Waals surface area contributed by atoms with Gasteiger partial charge in [-0.15, -0.1) is 0 Å². The van der Waals surface area contributed by atoms with E-state index in [0.29, 0.717) is 29.4 Å². The lowest BCUT2D eigenvalue weighted by Gasteiger charge is -2.08. The van der Waals surface area contributed by atoms with Crippen LogP contribution < -0.4 is 5.48 Å². The monoisotopic (exact) mass is 369 g/mol. The number of benzene rings is 2. The molecular weight excluding hydrogens is 350 g/mol. The molecule has 134 valence electrons. The van der Waals surface area contributed by atoms with E-state index in [0.717, 1.165) is 16.8 Å². The van der Waals surface area contributed by atoms with Crippen molar-refractivity contribution in [2.75, 3.05) is 0 Å². The van der Waals surface area contributed by atoms with Crippen LogP contribution in [-0.4, -0.2) is 15.7 Å². The highest BCUT2D eigenvalue weighted by Gasteiger charge is 2.19. The zero-order valence-corrected chi connectivity index (χ0v) is 15.5. The number of aromatic nitrogens is 2. The predicted molar refractivity (Wildman–Crippen MR) is 101 cm³/mol. The van der Waals surface area contributed by atoms with E-state index in [2.05, 4.69) is 10.6 Å². The molecule has 0 radical (unpaired) electrons. The van der Waals surface area contributed by atoms with Crippen LogP contribution in [0, 0.1) is 13.8 Å². The van der Waals surface area contributed by atoms with E-state index >= 15 is 0 Å². The first-order valence-electron chi connectivity index (χ1n) is 8.29. The molecule has 0 saturated carbocycles. The highest BCUT2D eigenvalue weighted by atomic mass is 35.5. The van der Waals surface area contributed by atoms with Crippen LogP contribution in [-0.2, 0) is 18.0 Å². The van der Waals surface area contributed by atoms with Crippen LogP contribution in [0.3, 0.4) is 0 Å². The molecule has 1 heterocycles. The lowest BCUT2D eigenvalue weighted by Crippen LogP contribution is -2.24. The summed E-state index contributed by atoms with van der Waals surface area (Å²) in [6.07, 6.45) is 0. The zero-order chi connectivity index (χ0) is 18.5. The van der Waals surface area contributed by atoms with Gasteiger partial charge in [-0.3, -0.25) is 14.3 Å². The molecule has 0 unspecified atom stereocenters. The molecule has 26 heavy (non-hydrogen) atoms. The van der Waals surface area contributed by atoms with Crippen LogP contribution in [0.15, 0.2) is 54.6 Å². The van der Waals surface area contributed by atoms with Crippen molar-refractivity contribution in [3.63, 3.8) is 0 Å². The van der Waals surface area contributed by atoms with E-state index < -0.39 is 0 Å². The molecule has 1 N–H and O–H groups in total. The van der Waals surface area contributed by atoms with Gasteiger partial charge in [-0.25, -0.2) is 5.48 Å². The molecule has 1 amide bonds. The van der Waals surface area contributed by atoms with Crippen LogP contribution in [0.1, 0.15) is 32.9 Å². The van der Waals surface area contributed by atoms with Crippen molar-refractivity contribution in [2.45, 2.75) is 27.0 Å². The van der Waals surface area contributed by atoms with Gasteiger partial charge in [-0.2, -0.15) is 5.10 Å². The molecule has 0 atom stereocenters. The summed E-state index contributed by atoms with van der Waals surface area (Å²) in [5, 5.41) is 5.15. The van der Waals surface area contributed by atoms with Crippen LogP contribution in [0.2, 0.25) is 5.02 Å². The summed E-state index contributed by atoms with van der Waals surface area (Å²) in [6.45, 7) is 4.48. The highest BCUT2D eigenvalue weighted by Crippen LogP contribution is 2.19. The minimum absolute atomic E-state index is 0.304. The average Bonchev–Trinajstić information content (AvgIpc) is 2.91. The second-order valence-electron chi connectivity index (χ2n) is 6.00. The SMILES string of the molecule is Cc1nn(Cc2ccccc2Cl)c(C)c1C(=O)NOCc1ccccc1. The lowest BCUT2D eigenvalue weighted by molar-refractivity contribution is 0.0232. The summed E-state index contributed by atoms with van der Waals surface area (Å²) in [5.74, 6) is -0.304. The average molecular weight is 370 g/mol. The Balaban J connectivity index is 1.69. The molecule has 0 aliphatic heterocycles. The molecule has 5 nitrogen and oxygen atoms in total. The van der Waals surface area contributed by atoms with Gasteiger partial charge < -0.3 is 0 Å². The third kappa shape index (κ3) is 4.12. The van der Waals surface area contributed by atoms with E-state index in [-0.39, 0.29) is 5.91 Å². The number of halogens is 1. The number of rotatable bonds is 6. The van der Waals surface area contributed by atoms with Crippen molar-refractivity contribution in [2.24, 2.45) is 0 Å². The van der Waals surface area contributed by atoms with Gasteiger partial charge in [0.1, 0.15) is 0 Å². The number of hydrogen-bond donors (Lipinski definition) is 1. The maximum atomic E-state index is 12.5. The molecule has 0 fully saturated rings. The van der Waals surface area contributed by atoms with Gasteiger partial charge in [-0.05, 0) is 31.0 Å². The zero-order valence-electron chi connectivity index (χ0n) is 14.7. The second-order valence-corrected chi connectivity index (χ2v) is 6.41. The summed E-state index contributed by atoms with van der Waals surface area (Å²) >= 11 is 6.22. The van der Waals surface area contributed by atoms with Gasteiger partial charge in [0.05, 0.1) is 24.4 Å². The molecule has 2 aromatic carbocycles. The Morgan fingerprint density at radius 3 is 2.54 bits per heavy atom. The fourth-order valence-corrected chi connectivity index (χ4v) is 2.97. The number of hydrogen-bond acceptors (Lipinski definition) is 3. The van der Waals surface area contributed by atoms with Crippen LogP contribution in [0.5, 0.6) is 0 Å². The lowest BCUT2D eigenvalue weighted by atomic mass is 10.2. The quantitative estimate of drug-likeness (QED) is 0.666. The van der Waals surface area contributed by atoms with Crippen LogP contribution in [0.25, 0.3) is 0 Å². The first-order valence-corrected chi connectivity index (χ1v) is 8.67. The van der Waals surface area contributed by atoms with E-state index in [9.17, 15) is 4.79 Å². The standard InChI is InChI=1S/C20H20ClN3O2/c1-14-19(20(25)23-26-13-16-8-4-3-5-9-16)15(2)24(22-14)12-17-10-6-7-11-18(17)21/h3-11H,12-13H2,1-2H3,(H,23,25). The van der Waals surface area contributed by atoms with Crippen molar-refractivity contribution in [1.82, 2.24) is 15.3 Å². The molecular formula is C20H20ClN3O2. The maximum Gasteiger partial charge on any atom is 0.278 e. The number of carbonyl (C=O) groups excluding carboxylic acids is 1. The number of nitrogens with one attached hydrogen (secondary N) is 1. The Kier molecular flexibility index (Phi) is 5.71. The third-order valence-electron chi connectivity index (χ3n) is 4.13. The second kappa shape index (κ2) is 8.17. The summed E-state index contributed by atoms with van der Waals surface area (Å²) < 4.78 is 1.78. The van der Waals surface area contributed by atoms with Gasteiger partial charge in [-0.1, -0.05) is 60.1 Å². The fraction of sp³-hybridized carbons (Fsp3) is 0.200. The van der Waals surface area contributed by atoms with Crippen LogP contribution in [0.4, 0.5) is 0 Å². The normalized spacial score (nSPS) is 10.7. The minimum atomic E-state index is -0.304. The summed E-state index contributed by atoms with van der Waals surface area (Å²) in [4.78, 5) is 17.8. The van der Waals surface area contributed by atoms with Crippen molar-refractivity contribution in [1.29, 1.82) is 0 Å². The third-order valence-corrected chi connectivity index (χ3v) is 4.50. The number of aryl methyl sites for hydroxylation is 1. The Morgan fingerprint density at radius 2 is 1.81 bits per heavy atom. The largest absolute Gasteiger partial charge is 0.278 e. The molecule has 0 saturated heterocycles. The topological polar surface area (TPSA) is 56.2 Å². The first-order chi connectivity index (χ1) is 12.6. The van der Waals surface area contributed by atoms with E-state index in [1.165, 1.54) is 0 Å². The van der Waals surface area contributed by atoms with Crippen LogP contribution >= 0.6 is 11.6 Å².